The van der Waals surface area contributed by atoms with Crippen molar-refractivity contribution < 1.29 is 9.53 Å². The van der Waals surface area contributed by atoms with E-state index in [0.717, 1.165) is 31.8 Å². The topological polar surface area (TPSA) is 41.6 Å². The van der Waals surface area contributed by atoms with Crippen molar-refractivity contribution in [2.24, 2.45) is 0 Å². The van der Waals surface area contributed by atoms with Crippen LogP contribution in [-0.2, 0) is 11.2 Å². The number of hydrogen-bond acceptors (Lipinski definition) is 3. The average Bonchev–Trinajstić information content (AvgIpc) is 2.46. The number of hydrogen-bond donors (Lipinski definition) is 1. The molecule has 19 heavy (non-hydrogen) atoms. The van der Waals surface area contributed by atoms with Crippen molar-refractivity contribution in [1.82, 2.24) is 10.2 Å². The standard InChI is InChI=1S/C15H22N2O2/c1-3-13-4-6-14(7-5-13)19-11-15(18)17-9-8-16-10-12(17)2/h4-7,12,16H,3,8-11H2,1-2H3. The van der Waals surface area contributed by atoms with Crippen LogP contribution in [0.5, 0.6) is 5.75 Å². The number of nitrogens with one attached hydrogen (secondary N) is 1. The second kappa shape index (κ2) is 6.57. The number of carbonyl (C=O) groups is 1. The third-order valence-corrected chi connectivity index (χ3v) is 3.52. The minimum atomic E-state index is 0.0635. The molecule has 1 N–H and O–H groups in total. The summed E-state index contributed by atoms with van der Waals surface area (Å²) in [6.45, 7) is 6.78. The van der Waals surface area contributed by atoms with Crippen LogP contribution in [0.2, 0.25) is 0 Å². The molecule has 1 aromatic rings. The van der Waals surface area contributed by atoms with Crippen LogP contribution in [0.3, 0.4) is 0 Å². The Morgan fingerprint density at radius 3 is 2.79 bits per heavy atom. The molecule has 1 aromatic carbocycles. The maximum atomic E-state index is 12.1. The van der Waals surface area contributed by atoms with Crippen LogP contribution in [0.4, 0.5) is 0 Å². The van der Waals surface area contributed by atoms with Crippen molar-refractivity contribution in [1.29, 1.82) is 0 Å². The molecule has 1 saturated heterocycles. The molecule has 1 atom stereocenters. The highest BCUT2D eigenvalue weighted by Gasteiger charge is 2.22. The first-order valence-electron chi connectivity index (χ1n) is 6.92. The molecule has 1 aliphatic rings. The molecule has 1 fully saturated rings. The Morgan fingerprint density at radius 1 is 1.42 bits per heavy atom. The molecule has 0 saturated carbocycles. The highest BCUT2D eigenvalue weighted by atomic mass is 16.5. The number of ether oxygens (including phenoxy) is 1. The first-order valence-corrected chi connectivity index (χ1v) is 6.92. The lowest BCUT2D eigenvalue weighted by atomic mass is 10.2. The van der Waals surface area contributed by atoms with Crippen LogP contribution < -0.4 is 10.1 Å². The fourth-order valence-electron chi connectivity index (χ4n) is 2.26. The van der Waals surface area contributed by atoms with Gasteiger partial charge in [0, 0.05) is 25.7 Å². The molecule has 0 spiro atoms. The summed E-state index contributed by atoms with van der Waals surface area (Å²) in [6.07, 6.45) is 1.01. The fourth-order valence-corrected chi connectivity index (χ4v) is 2.26. The second-order valence-electron chi connectivity index (χ2n) is 4.93. The molecule has 0 aliphatic carbocycles. The van der Waals surface area contributed by atoms with Gasteiger partial charge in [0.1, 0.15) is 5.75 Å². The minimum absolute atomic E-state index is 0.0635. The highest BCUT2D eigenvalue weighted by molar-refractivity contribution is 5.78. The highest BCUT2D eigenvalue weighted by Crippen LogP contribution is 2.13. The van der Waals surface area contributed by atoms with Gasteiger partial charge in [-0.05, 0) is 31.0 Å². The van der Waals surface area contributed by atoms with Crippen LogP contribution in [0.15, 0.2) is 24.3 Å². The third kappa shape index (κ3) is 3.70. The molecule has 4 heteroatoms. The molecule has 104 valence electrons. The number of piperazine rings is 1. The van der Waals surface area contributed by atoms with E-state index in [4.69, 9.17) is 4.74 Å². The van der Waals surface area contributed by atoms with Crippen molar-refractivity contribution in [2.75, 3.05) is 26.2 Å². The quantitative estimate of drug-likeness (QED) is 0.893. The molecular formula is C15H22N2O2. The van der Waals surface area contributed by atoms with Crippen LogP contribution >= 0.6 is 0 Å². The van der Waals surface area contributed by atoms with Crippen molar-refractivity contribution in [3.63, 3.8) is 0 Å². The Bertz CT molecular complexity index is 417. The van der Waals surface area contributed by atoms with E-state index in [-0.39, 0.29) is 18.6 Å². The van der Waals surface area contributed by atoms with Gasteiger partial charge in [-0.25, -0.2) is 0 Å². The van der Waals surface area contributed by atoms with Crippen molar-refractivity contribution >= 4 is 5.91 Å². The molecule has 0 bridgehead atoms. The van der Waals surface area contributed by atoms with E-state index < -0.39 is 0 Å². The predicted octanol–water partition coefficient (Wildman–Crippen LogP) is 1.45. The van der Waals surface area contributed by atoms with E-state index in [9.17, 15) is 4.79 Å². The van der Waals surface area contributed by atoms with Gasteiger partial charge in [0.2, 0.25) is 0 Å². The van der Waals surface area contributed by atoms with Crippen LogP contribution in [0.25, 0.3) is 0 Å². The van der Waals surface area contributed by atoms with E-state index in [2.05, 4.69) is 19.2 Å². The summed E-state index contributed by atoms with van der Waals surface area (Å²) in [4.78, 5) is 14.0. The van der Waals surface area contributed by atoms with Gasteiger partial charge in [0.25, 0.3) is 5.91 Å². The van der Waals surface area contributed by atoms with Crippen molar-refractivity contribution in [2.45, 2.75) is 26.3 Å². The second-order valence-corrected chi connectivity index (χ2v) is 4.93. The number of benzene rings is 1. The van der Waals surface area contributed by atoms with Gasteiger partial charge >= 0.3 is 0 Å². The Hall–Kier alpha value is -1.55. The normalized spacial score (nSPS) is 19.3. The Morgan fingerprint density at radius 2 is 2.16 bits per heavy atom. The fraction of sp³-hybridized carbons (Fsp3) is 0.533. The number of rotatable bonds is 4. The van der Waals surface area contributed by atoms with E-state index in [0.29, 0.717) is 0 Å². The molecule has 1 amide bonds. The first kappa shape index (κ1) is 13.9. The summed E-state index contributed by atoms with van der Waals surface area (Å²) in [5.41, 5.74) is 1.27. The molecule has 1 heterocycles. The van der Waals surface area contributed by atoms with Gasteiger partial charge < -0.3 is 15.0 Å². The van der Waals surface area contributed by atoms with Gasteiger partial charge in [-0.2, -0.15) is 0 Å². The summed E-state index contributed by atoms with van der Waals surface area (Å²) < 4.78 is 5.56. The SMILES string of the molecule is CCc1ccc(OCC(=O)N2CCNCC2C)cc1. The third-order valence-electron chi connectivity index (χ3n) is 3.52. The predicted molar refractivity (Wildman–Crippen MR) is 75.4 cm³/mol. The number of carbonyl (C=O) groups excluding carboxylic acids is 1. The maximum Gasteiger partial charge on any atom is 0.260 e. The van der Waals surface area contributed by atoms with E-state index in [1.54, 1.807) is 0 Å². The molecule has 0 aromatic heterocycles. The monoisotopic (exact) mass is 262 g/mol. The van der Waals surface area contributed by atoms with E-state index >= 15 is 0 Å². The van der Waals surface area contributed by atoms with E-state index in [1.807, 2.05) is 29.2 Å². The lowest BCUT2D eigenvalue weighted by Gasteiger charge is -2.33. The van der Waals surface area contributed by atoms with Gasteiger partial charge in [-0.15, -0.1) is 0 Å². The first-order chi connectivity index (χ1) is 9.20. The number of nitrogens with zero attached hydrogens (tertiary/aromatic N) is 1. The molecule has 1 aliphatic heterocycles. The summed E-state index contributed by atoms with van der Waals surface area (Å²) >= 11 is 0. The zero-order valence-corrected chi connectivity index (χ0v) is 11.7. The molecule has 4 nitrogen and oxygen atoms in total. The van der Waals surface area contributed by atoms with E-state index in [1.165, 1.54) is 5.56 Å². The molecule has 0 radical (unpaired) electrons. The molecule has 2 rings (SSSR count). The van der Waals surface area contributed by atoms with Crippen molar-refractivity contribution in [3.05, 3.63) is 29.8 Å². The van der Waals surface area contributed by atoms with Gasteiger partial charge in [0.05, 0.1) is 0 Å². The van der Waals surface area contributed by atoms with Crippen molar-refractivity contribution in [3.8, 4) is 5.75 Å². The van der Waals surface area contributed by atoms with Crippen LogP contribution in [0.1, 0.15) is 19.4 Å². The Balaban J connectivity index is 1.85. The lowest BCUT2D eigenvalue weighted by Crippen LogP contribution is -2.53. The Labute approximate surface area is 114 Å². The van der Waals surface area contributed by atoms with Crippen LogP contribution in [-0.4, -0.2) is 43.1 Å². The zero-order valence-electron chi connectivity index (χ0n) is 11.7. The Kier molecular flexibility index (Phi) is 4.80. The minimum Gasteiger partial charge on any atom is -0.484 e. The van der Waals surface area contributed by atoms with Gasteiger partial charge in [0.15, 0.2) is 6.61 Å². The number of amides is 1. The van der Waals surface area contributed by atoms with Crippen LogP contribution in [0, 0.1) is 0 Å². The molecule has 1 unspecified atom stereocenters. The average molecular weight is 262 g/mol. The number of aryl methyl sites for hydroxylation is 1. The van der Waals surface area contributed by atoms with Gasteiger partial charge in [-0.3, -0.25) is 4.79 Å². The maximum absolute atomic E-state index is 12.1. The van der Waals surface area contributed by atoms with Gasteiger partial charge in [-0.1, -0.05) is 19.1 Å². The smallest absolute Gasteiger partial charge is 0.260 e. The lowest BCUT2D eigenvalue weighted by molar-refractivity contribution is -0.136. The summed E-state index contributed by atoms with van der Waals surface area (Å²) in [5.74, 6) is 0.821. The largest absolute Gasteiger partial charge is 0.484 e. The summed E-state index contributed by atoms with van der Waals surface area (Å²) in [7, 11) is 0. The molecular weight excluding hydrogens is 240 g/mol. The summed E-state index contributed by atoms with van der Waals surface area (Å²) in [5, 5.41) is 3.27. The summed E-state index contributed by atoms with van der Waals surface area (Å²) in [6, 6.07) is 8.16. The zero-order chi connectivity index (χ0) is 13.7.